The predicted octanol–water partition coefficient (Wildman–Crippen LogP) is 2.83. The monoisotopic (exact) mass is 301 g/mol. The van der Waals surface area contributed by atoms with Crippen molar-refractivity contribution >= 4 is 17.5 Å². The number of halogens is 1. The van der Waals surface area contributed by atoms with Crippen molar-refractivity contribution in [3.63, 3.8) is 0 Å². The van der Waals surface area contributed by atoms with E-state index >= 15 is 0 Å². The molecule has 2 heterocycles. The molecule has 5 nitrogen and oxygen atoms in total. The number of aromatic nitrogens is 2. The molecule has 1 atom stereocenters. The number of hydrogen-bond donors (Lipinski definition) is 2. The fourth-order valence-corrected chi connectivity index (χ4v) is 3.00. The van der Waals surface area contributed by atoms with Gasteiger partial charge in [0.15, 0.2) is 0 Å². The first-order valence-corrected chi connectivity index (χ1v) is 7.55. The van der Waals surface area contributed by atoms with Gasteiger partial charge in [-0.15, -0.1) is 0 Å². The second kappa shape index (κ2) is 5.79. The number of benzene rings is 1. The normalized spacial score (nSPS) is 17.9. The Kier molecular flexibility index (Phi) is 3.83. The number of anilines is 3. The van der Waals surface area contributed by atoms with Crippen molar-refractivity contribution in [2.75, 3.05) is 22.9 Å². The van der Waals surface area contributed by atoms with E-state index in [9.17, 15) is 4.39 Å². The first-order valence-electron chi connectivity index (χ1n) is 7.55. The topological polar surface area (TPSA) is 81.1 Å². The first-order chi connectivity index (χ1) is 10.6. The molecule has 0 unspecified atom stereocenters. The molecule has 0 radical (unpaired) electrons. The summed E-state index contributed by atoms with van der Waals surface area (Å²) >= 11 is 0. The molecule has 1 saturated heterocycles. The summed E-state index contributed by atoms with van der Waals surface area (Å²) in [5.41, 5.74) is 12.8. The van der Waals surface area contributed by atoms with Crippen LogP contribution >= 0.6 is 0 Å². The van der Waals surface area contributed by atoms with Crippen molar-refractivity contribution in [1.29, 1.82) is 0 Å². The summed E-state index contributed by atoms with van der Waals surface area (Å²) in [5, 5.41) is 0. The zero-order chi connectivity index (χ0) is 15.7. The van der Waals surface area contributed by atoms with Crippen LogP contribution in [0, 0.1) is 5.82 Å². The summed E-state index contributed by atoms with van der Waals surface area (Å²) in [5.74, 6) is 0.555. The highest BCUT2D eigenvalue weighted by atomic mass is 19.1. The van der Waals surface area contributed by atoms with Gasteiger partial charge in [0.05, 0.1) is 11.4 Å². The van der Waals surface area contributed by atoms with E-state index in [1.54, 1.807) is 6.07 Å². The van der Waals surface area contributed by atoms with Crippen LogP contribution in [-0.2, 0) is 0 Å². The minimum atomic E-state index is -0.455. The van der Waals surface area contributed by atoms with Crippen molar-refractivity contribution in [3.05, 3.63) is 30.1 Å². The Bertz CT molecular complexity index is 688. The van der Waals surface area contributed by atoms with Crippen molar-refractivity contribution in [3.8, 4) is 11.3 Å². The Labute approximate surface area is 129 Å². The van der Waals surface area contributed by atoms with Gasteiger partial charge in [0, 0.05) is 24.2 Å². The van der Waals surface area contributed by atoms with Gasteiger partial charge in [-0.3, -0.25) is 0 Å². The molecular weight excluding hydrogens is 281 g/mol. The van der Waals surface area contributed by atoms with Gasteiger partial charge in [0.25, 0.3) is 0 Å². The van der Waals surface area contributed by atoms with E-state index in [0.29, 0.717) is 17.3 Å². The summed E-state index contributed by atoms with van der Waals surface area (Å²) < 4.78 is 13.7. The summed E-state index contributed by atoms with van der Waals surface area (Å²) in [4.78, 5) is 10.8. The lowest BCUT2D eigenvalue weighted by molar-refractivity contribution is 0.633. The Morgan fingerprint density at radius 1 is 1.27 bits per heavy atom. The van der Waals surface area contributed by atoms with E-state index in [0.717, 1.165) is 31.6 Å². The van der Waals surface area contributed by atoms with E-state index in [1.807, 2.05) is 6.07 Å². The average molecular weight is 301 g/mol. The fraction of sp³-hybridized carbons (Fsp3) is 0.375. The molecule has 2 aromatic rings. The Balaban J connectivity index is 2.01. The Morgan fingerprint density at radius 2 is 2.09 bits per heavy atom. The molecule has 1 fully saturated rings. The van der Waals surface area contributed by atoms with E-state index in [2.05, 4.69) is 21.8 Å². The summed E-state index contributed by atoms with van der Waals surface area (Å²) in [6.07, 6.45) is 3.37. The van der Waals surface area contributed by atoms with Gasteiger partial charge in [-0.1, -0.05) is 13.0 Å². The van der Waals surface area contributed by atoms with Crippen molar-refractivity contribution in [2.45, 2.75) is 32.2 Å². The molecule has 1 aliphatic rings. The summed E-state index contributed by atoms with van der Waals surface area (Å²) in [7, 11) is 0. The molecule has 0 spiro atoms. The first kappa shape index (κ1) is 14.6. The molecule has 22 heavy (non-hydrogen) atoms. The number of rotatable bonds is 3. The molecule has 3 rings (SSSR count). The maximum atomic E-state index is 13.7. The Hall–Kier alpha value is -2.37. The van der Waals surface area contributed by atoms with Gasteiger partial charge in [0.1, 0.15) is 11.6 Å². The maximum Gasteiger partial charge on any atom is 0.222 e. The van der Waals surface area contributed by atoms with Gasteiger partial charge in [0.2, 0.25) is 5.95 Å². The predicted molar refractivity (Wildman–Crippen MR) is 86.9 cm³/mol. The van der Waals surface area contributed by atoms with Crippen LogP contribution in [0.5, 0.6) is 0 Å². The smallest absolute Gasteiger partial charge is 0.222 e. The average Bonchev–Trinajstić information content (AvgIpc) is 2.98. The molecule has 1 aromatic heterocycles. The molecule has 1 aliphatic heterocycles. The van der Waals surface area contributed by atoms with Gasteiger partial charge in [-0.25, -0.2) is 9.37 Å². The quantitative estimate of drug-likeness (QED) is 0.852. The van der Waals surface area contributed by atoms with Gasteiger partial charge < -0.3 is 16.4 Å². The van der Waals surface area contributed by atoms with E-state index < -0.39 is 5.82 Å². The third kappa shape index (κ3) is 2.68. The standard InChI is InChI=1S/C16H20FN5/c1-2-11-4-3-7-22(11)15-9-14(20-16(19)21-15)10-5-6-13(18)12(17)8-10/h5-6,8-9,11H,2-4,7,18H2,1H3,(H2,19,20,21)/t11-/m1/s1. The van der Waals surface area contributed by atoms with E-state index in [1.165, 1.54) is 12.1 Å². The van der Waals surface area contributed by atoms with E-state index in [-0.39, 0.29) is 11.6 Å². The van der Waals surface area contributed by atoms with Crippen LogP contribution in [0.4, 0.5) is 21.8 Å². The molecule has 0 aliphatic carbocycles. The highest BCUT2D eigenvalue weighted by molar-refractivity contribution is 5.66. The largest absolute Gasteiger partial charge is 0.396 e. The fourth-order valence-electron chi connectivity index (χ4n) is 3.00. The zero-order valence-corrected chi connectivity index (χ0v) is 12.6. The lowest BCUT2D eigenvalue weighted by Gasteiger charge is -2.25. The van der Waals surface area contributed by atoms with Crippen molar-refractivity contribution < 1.29 is 4.39 Å². The summed E-state index contributed by atoms with van der Waals surface area (Å²) in [6.45, 7) is 3.13. The molecule has 1 aromatic carbocycles. The lowest BCUT2D eigenvalue weighted by Crippen LogP contribution is -2.29. The molecule has 0 bridgehead atoms. The van der Waals surface area contributed by atoms with E-state index in [4.69, 9.17) is 11.5 Å². The van der Waals surface area contributed by atoms with Crippen LogP contribution in [-0.4, -0.2) is 22.6 Å². The third-order valence-electron chi connectivity index (χ3n) is 4.17. The second-order valence-corrected chi connectivity index (χ2v) is 5.60. The van der Waals surface area contributed by atoms with Crippen LogP contribution < -0.4 is 16.4 Å². The molecule has 0 saturated carbocycles. The highest BCUT2D eigenvalue weighted by Gasteiger charge is 2.25. The molecular formula is C16H20FN5. The van der Waals surface area contributed by atoms with Crippen molar-refractivity contribution in [1.82, 2.24) is 9.97 Å². The minimum Gasteiger partial charge on any atom is -0.396 e. The maximum absolute atomic E-state index is 13.7. The molecule has 6 heteroatoms. The zero-order valence-electron chi connectivity index (χ0n) is 12.6. The van der Waals surface area contributed by atoms with Crippen LogP contribution in [0.25, 0.3) is 11.3 Å². The number of nitrogens with two attached hydrogens (primary N) is 2. The summed E-state index contributed by atoms with van der Waals surface area (Å²) in [6, 6.07) is 7.00. The lowest BCUT2D eigenvalue weighted by atomic mass is 10.1. The number of hydrogen-bond acceptors (Lipinski definition) is 5. The SMILES string of the molecule is CC[C@@H]1CCCN1c1cc(-c2ccc(N)c(F)c2)nc(N)n1. The molecule has 0 amide bonds. The number of nitrogens with zero attached hydrogens (tertiary/aromatic N) is 3. The minimum absolute atomic E-state index is 0.122. The highest BCUT2D eigenvalue weighted by Crippen LogP contribution is 2.30. The van der Waals surface area contributed by atoms with Crippen LogP contribution in [0.2, 0.25) is 0 Å². The number of nitrogen functional groups attached to an aromatic ring is 2. The Morgan fingerprint density at radius 3 is 2.82 bits per heavy atom. The third-order valence-corrected chi connectivity index (χ3v) is 4.17. The molecule has 4 N–H and O–H groups in total. The van der Waals surface area contributed by atoms with Crippen molar-refractivity contribution in [2.24, 2.45) is 0 Å². The van der Waals surface area contributed by atoms with Crippen LogP contribution in [0.1, 0.15) is 26.2 Å². The molecule has 116 valence electrons. The van der Waals surface area contributed by atoms with Gasteiger partial charge >= 0.3 is 0 Å². The van der Waals surface area contributed by atoms with Crippen LogP contribution in [0.3, 0.4) is 0 Å². The second-order valence-electron chi connectivity index (χ2n) is 5.60. The van der Waals surface area contributed by atoms with Crippen LogP contribution in [0.15, 0.2) is 24.3 Å². The van der Waals surface area contributed by atoms with Gasteiger partial charge in [-0.2, -0.15) is 4.98 Å². The van der Waals surface area contributed by atoms with Gasteiger partial charge in [-0.05, 0) is 31.4 Å².